The first kappa shape index (κ1) is 20.9. The summed E-state index contributed by atoms with van der Waals surface area (Å²) in [7, 11) is 0. The summed E-state index contributed by atoms with van der Waals surface area (Å²) >= 11 is 12.1. The number of halogens is 2. The lowest BCUT2D eigenvalue weighted by Gasteiger charge is -2.15. The summed E-state index contributed by atoms with van der Waals surface area (Å²) in [6.07, 6.45) is 0.565. The molecule has 3 aromatic rings. The summed E-state index contributed by atoms with van der Waals surface area (Å²) in [6, 6.07) is 20.4. The normalized spacial score (nSPS) is 15.9. The maximum absolute atomic E-state index is 12.7. The molecule has 0 aliphatic heterocycles. The van der Waals surface area contributed by atoms with E-state index in [-0.39, 0.29) is 5.91 Å². The number of hydrogen-bond donors (Lipinski definition) is 3. The molecule has 0 fully saturated rings. The molecule has 0 heterocycles. The van der Waals surface area contributed by atoms with Gasteiger partial charge in [0.25, 0.3) is 5.91 Å². The standard InChI is InChI=1S/C23H18Cl2N4O2/c24-16-8-5-7-15(12-16)22(30)26-20-13-14-6-1-2-9-17(14)21(20)28-29-23(31)27-19-11-4-3-10-18(19)25/h1-12,20H,13H2,(H,26,30)(H2,27,29,31)/b28-21+. The molecule has 0 saturated carbocycles. The van der Waals surface area contributed by atoms with Gasteiger partial charge in [-0.1, -0.05) is 65.7 Å². The number of benzene rings is 3. The number of hydrogen-bond acceptors (Lipinski definition) is 3. The summed E-state index contributed by atoms with van der Waals surface area (Å²) in [5.74, 6) is -0.270. The van der Waals surface area contributed by atoms with E-state index in [1.165, 1.54) is 0 Å². The fourth-order valence-electron chi connectivity index (χ4n) is 3.41. The number of carbonyl (C=O) groups excluding carboxylic acids is 2. The quantitative estimate of drug-likeness (QED) is 0.493. The SMILES string of the molecule is O=C(N/N=C1\c2ccccc2CC1NC(=O)c1cccc(Cl)c1)Nc1ccccc1Cl. The van der Waals surface area contributed by atoms with Gasteiger partial charge in [-0.3, -0.25) is 4.79 Å². The van der Waals surface area contributed by atoms with E-state index in [4.69, 9.17) is 23.2 Å². The average molecular weight is 453 g/mol. The molecule has 1 aliphatic rings. The first-order chi connectivity index (χ1) is 15.0. The number of anilines is 1. The fraction of sp³-hybridized carbons (Fsp3) is 0.0870. The maximum atomic E-state index is 12.7. The number of carbonyl (C=O) groups is 2. The van der Waals surface area contributed by atoms with Crippen LogP contribution in [-0.4, -0.2) is 23.7 Å². The monoisotopic (exact) mass is 452 g/mol. The zero-order valence-corrected chi connectivity index (χ0v) is 17.7. The maximum Gasteiger partial charge on any atom is 0.339 e. The van der Waals surface area contributed by atoms with Crippen molar-refractivity contribution in [3.05, 3.63) is 99.5 Å². The molecule has 3 aromatic carbocycles. The molecule has 6 nitrogen and oxygen atoms in total. The van der Waals surface area contributed by atoms with E-state index in [0.717, 1.165) is 11.1 Å². The molecule has 156 valence electrons. The molecular weight excluding hydrogens is 435 g/mol. The topological polar surface area (TPSA) is 82.6 Å². The van der Waals surface area contributed by atoms with Crippen LogP contribution in [0.4, 0.5) is 10.5 Å². The Hall–Kier alpha value is -3.35. The van der Waals surface area contributed by atoms with Crippen LogP contribution in [0.2, 0.25) is 10.0 Å². The third kappa shape index (κ3) is 4.87. The highest BCUT2D eigenvalue weighted by Crippen LogP contribution is 2.24. The van der Waals surface area contributed by atoms with Crippen LogP contribution in [0.1, 0.15) is 21.5 Å². The second kappa shape index (κ2) is 9.20. The minimum Gasteiger partial charge on any atom is -0.343 e. The zero-order chi connectivity index (χ0) is 21.8. The van der Waals surface area contributed by atoms with E-state index in [1.807, 2.05) is 24.3 Å². The van der Waals surface area contributed by atoms with E-state index >= 15 is 0 Å². The van der Waals surface area contributed by atoms with Crippen molar-refractivity contribution in [3.8, 4) is 0 Å². The molecular formula is C23H18Cl2N4O2. The molecule has 4 rings (SSSR count). The minimum atomic E-state index is -0.537. The van der Waals surface area contributed by atoms with Gasteiger partial charge in [0.1, 0.15) is 0 Å². The molecule has 0 bridgehead atoms. The van der Waals surface area contributed by atoms with E-state index in [2.05, 4.69) is 21.2 Å². The number of fused-ring (bicyclic) bond motifs is 1. The number of amides is 3. The summed E-state index contributed by atoms with van der Waals surface area (Å²) in [6.45, 7) is 0. The van der Waals surface area contributed by atoms with Gasteiger partial charge in [0, 0.05) is 16.1 Å². The van der Waals surface area contributed by atoms with Crippen LogP contribution in [0, 0.1) is 0 Å². The molecule has 31 heavy (non-hydrogen) atoms. The molecule has 3 amide bonds. The summed E-state index contributed by atoms with van der Waals surface area (Å²) < 4.78 is 0. The number of nitrogens with zero attached hydrogens (tertiary/aromatic N) is 1. The molecule has 0 saturated heterocycles. The van der Waals surface area contributed by atoms with Crippen LogP contribution >= 0.6 is 23.2 Å². The third-order valence-corrected chi connectivity index (χ3v) is 5.40. The van der Waals surface area contributed by atoms with Gasteiger partial charge in [-0.05, 0) is 42.3 Å². The van der Waals surface area contributed by atoms with Crippen molar-refractivity contribution in [3.63, 3.8) is 0 Å². The van der Waals surface area contributed by atoms with Gasteiger partial charge in [0.05, 0.1) is 22.5 Å². The predicted molar refractivity (Wildman–Crippen MR) is 123 cm³/mol. The Morgan fingerprint density at radius 3 is 2.52 bits per heavy atom. The van der Waals surface area contributed by atoms with Gasteiger partial charge < -0.3 is 10.6 Å². The summed E-state index contributed by atoms with van der Waals surface area (Å²) in [4.78, 5) is 25.1. The molecule has 1 atom stereocenters. The van der Waals surface area contributed by atoms with Crippen molar-refractivity contribution >= 4 is 46.5 Å². The lowest BCUT2D eigenvalue weighted by Crippen LogP contribution is -2.40. The Morgan fingerprint density at radius 2 is 1.71 bits per heavy atom. The Balaban J connectivity index is 1.53. The smallest absolute Gasteiger partial charge is 0.339 e. The first-order valence-corrected chi connectivity index (χ1v) is 10.3. The molecule has 0 aromatic heterocycles. The third-order valence-electron chi connectivity index (χ3n) is 4.84. The molecule has 0 radical (unpaired) electrons. The highest BCUT2D eigenvalue weighted by molar-refractivity contribution is 6.33. The van der Waals surface area contributed by atoms with Crippen LogP contribution in [-0.2, 0) is 6.42 Å². The Labute approximate surface area is 189 Å². The van der Waals surface area contributed by atoms with Crippen molar-refractivity contribution < 1.29 is 9.59 Å². The van der Waals surface area contributed by atoms with Gasteiger partial charge in [-0.2, -0.15) is 5.10 Å². The van der Waals surface area contributed by atoms with E-state index in [0.29, 0.717) is 33.4 Å². The molecule has 1 unspecified atom stereocenters. The number of urea groups is 1. The second-order valence-electron chi connectivity index (χ2n) is 6.94. The van der Waals surface area contributed by atoms with Crippen LogP contribution in [0.3, 0.4) is 0 Å². The lowest BCUT2D eigenvalue weighted by molar-refractivity contribution is 0.0947. The van der Waals surface area contributed by atoms with Crippen molar-refractivity contribution in [2.24, 2.45) is 5.10 Å². The van der Waals surface area contributed by atoms with E-state index < -0.39 is 12.1 Å². The van der Waals surface area contributed by atoms with Crippen LogP contribution < -0.4 is 16.1 Å². The highest BCUT2D eigenvalue weighted by Gasteiger charge is 2.30. The van der Waals surface area contributed by atoms with Gasteiger partial charge in [-0.15, -0.1) is 0 Å². The molecule has 8 heteroatoms. The summed E-state index contributed by atoms with van der Waals surface area (Å²) in [5.41, 5.74) is 5.90. The summed E-state index contributed by atoms with van der Waals surface area (Å²) in [5, 5.41) is 10.8. The van der Waals surface area contributed by atoms with Crippen LogP contribution in [0.5, 0.6) is 0 Å². The van der Waals surface area contributed by atoms with Gasteiger partial charge in [-0.25, -0.2) is 10.2 Å². The van der Waals surface area contributed by atoms with Gasteiger partial charge in [0.15, 0.2) is 0 Å². The van der Waals surface area contributed by atoms with Crippen molar-refractivity contribution in [2.45, 2.75) is 12.5 Å². The molecule has 0 spiro atoms. The van der Waals surface area contributed by atoms with Crippen molar-refractivity contribution in [2.75, 3.05) is 5.32 Å². The second-order valence-corrected chi connectivity index (χ2v) is 7.78. The predicted octanol–water partition coefficient (Wildman–Crippen LogP) is 4.87. The number of rotatable bonds is 4. The van der Waals surface area contributed by atoms with Gasteiger partial charge >= 0.3 is 6.03 Å². The molecule has 1 aliphatic carbocycles. The van der Waals surface area contributed by atoms with Crippen molar-refractivity contribution in [1.29, 1.82) is 0 Å². The van der Waals surface area contributed by atoms with E-state index in [9.17, 15) is 9.59 Å². The number of nitrogens with one attached hydrogen (secondary N) is 3. The minimum absolute atomic E-state index is 0.270. The zero-order valence-electron chi connectivity index (χ0n) is 16.2. The lowest BCUT2D eigenvalue weighted by atomic mass is 10.1. The molecule has 3 N–H and O–H groups in total. The average Bonchev–Trinajstić information content (AvgIpc) is 3.11. The Kier molecular flexibility index (Phi) is 6.21. The number of para-hydroxylation sites is 1. The fourth-order valence-corrected chi connectivity index (χ4v) is 3.78. The Bertz CT molecular complexity index is 1180. The number of hydrazone groups is 1. The van der Waals surface area contributed by atoms with E-state index in [1.54, 1.807) is 48.5 Å². The van der Waals surface area contributed by atoms with Crippen LogP contribution in [0.25, 0.3) is 0 Å². The first-order valence-electron chi connectivity index (χ1n) is 9.55. The van der Waals surface area contributed by atoms with Crippen LogP contribution in [0.15, 0.2) is 77.9 Å². The van der Waals surface area contributed by atoms with Gasteiger partial charge in [0.2, 0.25) is 0 Å². The Morgan fingerprint density at radius 1 is 0.935 bits per heavy atom. The largest absolute Gasteiger partial charge is 0.343 e. The highest BCUT2D eigenvalue weighted by atomic mass is 35.5. The van der Waals surface area contributed by atoms with Crippen molar-refractivity contribution in [1.82, 2.24) is 10.7 Å².